The average Bonchev–Trinajstić information content (AvgIpc) is 2.86. The molecule has 2 rings (SSSR count). The largest absolute Gasteiger partial charge is 0.463 e. The SMILES string of the molecule is CCOC(=O)C1(Cc2ccc(Cl)cc2)CC(CN)=NO1.Cl. The second-order valence-electron chi connectivity index (χ2n) is 4.65. The second kappa shape index (κ2) is 7.64. The van der Waals surface area contributed by atoms with Crippen molar-refractivity contribution in [2.45, 2.75) is 25.4 Å². The van der Waals surface area contributed by atoms with Gasteiger partial charge in [0.25, 0.3) is 0 Å². The van der Waals surface area contributed by atoms with Crippen LogP contribution < -0.4 is 5.73 Å². The molecule has 1 atom stereocenters. The molecule has 0 saturated heterocycles. The summed E-state index contributed by atoms with van der Waals surface area (Å²) in [6.07, 6.45) is 0.723. The first-order chi connectivity index (χ1) is 9.59. The van der Waals surface area contributed by atoms with E-state index >= 15 is 0 Å². The Hall–Kier alpha value is -1.30. The van der Waals surface area contributed by atoms with Crippen molar-refractivity contribution in [2.75, 3.05) is 13.2 Å². The van der Waals surface area contributed by atoms with E-state index in [1.807, 2.05) is 12.1 Å². The zero-order valence-electron chi connectivity index (χ0n) is 11.7. The fraction of sp³-hybridized carbons (Fsp3) is 0.429. The maximum absolute atomic E-state index is 12.2. The quantitative estimate of drug-likeness (QED) is 0.840. The van der Waals surface area contributed by atoms with Gasteiger partial charge in [0.2, 0.25) is 5.60 Å². The number of rotatable bonds is 5. The van der Waals surface area contributed by atoms with Crippen molar-refractivity contribution in [3.05, 3.63) is 34.9 Å². The molecule has 1 aliphatic rings. The van der Waals surface area contributed by atoms with E-state index in [1.165, 1.54) is 0 Å². The van der Waals surface area contributed by atoms with Crippen molar-refractivity contribution in [1.29, 1.82) is 0 Å². The van der Waals surface area contributed by atoms with Crippen LogP contribution in [0, 0.1) is 0 Å². The Labute approximate surface area is 134 Å². The van der Waals surface area contributed by atoms with E-state index in [0.717, 1.165) is 5.56 Å². The Balaban J connectivity index is 0.00000220. The summed E-state index contributed by atoms with van der Waals surface area (Å²) in [7, 11) is 0. The van der Waals surface area contributed by atoms with Gasteiger partial charge in [-0.2, -0.15) is 0 Å². The summed E-state index contributed by atoms with van der Waals surface area (Å²) in [6, 6.07) is 7.25. The number of ether oxygens (including phenoxy) is 1. The van der Waals surface area contributed by atoms with Crippen LogP contribution in [0.1, 0.15) is 18.9 Å². The normalized spacial score (nSPS) is 20.2. The van der Waals surface area contributed by atoms with Gasteiger partial charge in [0.1, 0.15) is 0 Å². The molecular formula is C14H18Cl2N2O3. The maximum atomic E-state index is 12.2. The topological polar surface area (TPSA) is 73.9 Å². The summed E-state index contributed by atoms with van der Waals surface area (Å²) < 4.78 is 5.11. The summed E-state index contributed by atoms with van der Waals surface area (Å²) in [5, 5.41) is 4.53. The first-order valence-electron chi connectivity index (χ1n) is 6.45. The fourth-order valence-electron chi connectivity index (χ4n) is 2.13. The Bertz CT molecular complexity index is 519. The van der Waals surface area contributed by atoms with Gasteiger partial charge in [0.05, 0.1) is 12.3 Å². The molecule has 21 heavy (non-hydrogen) atoms. The lowest BCUT2D eigenvalue weighted by Crippen LogP contribution is -2.43. The number of hydrogen-bond donors (Lipinski definition) is 1. The number of halogens is 2. The van der Waals surface area contributed by atoms with Gasteiger partial charge in [-0.15, -0.1) is 12.4 Å². The molecule has 5 nitrogen and oxygen atoms in total. The third-order valence-corrected chi connectivity index (χ3v) is 3.38. The zero-order valence-corrected chi connectivity index (χ0v) is 13.2. The third kappa shape index (κ3) is 4.09. The highest BCUT2D eigenvalue weighted by Crippen LogP contribution is 2.30. The molecule has 0 bridgehead atoms. The minimum atomic E-state index is -1.11. The van der Waals surface area contributed by atoms with E-state index in [2.05, 4.69) is 5.16 Å². The number of oxime groups is 1. The highest BCUT2D eigenvalue weighted by molar-refractivity contribution is 6.30. The van der Waals surface area contributed by atoms with E-state index in [4.69, 9.17) is 26.9 Å². The van der Waals surface area contributed by atoms with Gasteiger partial charge >= 0.3 is 5.97 Å². The summed E-state index contributed by atoms with van der Waals surface area (Å²) in [6.45, 7) is 2.32. The van der Waals surface area contributed by atoms with Crippen molar-refractivity contribution >= 4 is 35.7 Å². The average molecular weight is 333 g/mol. The fourth-order valence-corrected chi connectivity index (χ4v) is 2.25. The highest BCUT2D eigenvalue weighted by Gasteiger charge is 2.47. The van der Waals surface area contributed by atoms with Crippen molar-refractivity contribution in [3.8, 4) is 0 Å². The second-order valence-corrected chi connectivity index (χ2v) is 5.08. The van der Waals surface area contributed by atoms with Gasteiger partial charge in [-0.3, -0.25) is 0 Å². The number of nitrogens with zero attached hydrogens (tertiary/aromatic N) is 1. The molecule has 0 aromatic heterocycles. The molecule has 7 heteroatoms. The van der Waals surface area contributed by atoms with Gasteiger partial charge in [-0.25, -0.2) is 4.79 Å². The van der Waals surface area contributed by atoms with E-state index in [9.17, 15) is 4.79 Å². The molecule has 0 amide bonds. The minimum absolute atomic E-state index is 0. The molecule has 0 spiro atoms. The van der Waals surface area contributed by atoms with Crippen LogP contribution >= 0.6 is 24.0 Å². The number of carbonyl (C=O) groups is 1. The molecule has 0 fully saturated rings. The molecule has 1 heterocycles. The molecule has 0 saturated carbocycles. The number of benzene rings is 1. The lowest BCUT2D eigenvalue weighted by molar-refractivity contribution is -0.168. The maximum Gasteiger partial charge on any atom is 0.354 e. The number of nitrogens with two attached hydrogens (primary N) is 1. The monoisotopic (exact) mass is 332 g/mol. The van der Waals surface area contributed by atoms with Crippen LogP contribution in [0.5, 0.6) is 0 Å². The smallest absolute Gasteiger partial charge is 0.354 e. The zero-order chi connectivity index (χ0) is 14.6. The number of esters is 1. The van der Waals surface area contributed by atoms with Crippen LogP contribution in [-0.4, -0.2) is 30.4 Å². The lowest BCUT2D eigenvalue weighted by atomic mass is 9.89. The van der Waals surface area contributed by atoms with E-state index in [1.54, 1.807) is 19.1 Å². The van der Waals surface area contributed by atoms with Crippen LogP contribution in [0.25, 0.3) is 0 Å². The van der Waals surface area contributed by atoms with Crippen LogP contribution in [0.2, 0.25) is 5.02 Å². The van der Waals surface area contributed by atoms with E-state index in [0.29, 0.717) is 30.2 Å². The molecule has 1 aromatic carbocycles. The predicted octanol–water partition coefficient (Wildman–Crippen LogP) is 2.34. The first kappa shape index (κ1) is 17.8. The molecule has 0 radical (unpaired) electrons. The van der Waals surface area contributed by atoms with Crippen LogP contribution in [0.15, 0.2) is 29.4 Å². The van der Waals surface area contributed by atoms with Crippen molar-refractivity contribution in [1.82, 2.24) is 0 Å². The molecule has 0 aliphatic carbocycles. The summed E-state index contributed by atoms with van der Waals surface area (Å²) >= 11 is 5.86. The van der Waals surface area contributed by atoms with Crippen molar-refractivity contribution in [2.24, 2.45) is 10.9 Å². The van der Waals surface area contributed by atoms with Gasteiger partial charge < -0.3 is 15.3 Å². The Morgan fingerprint density at radius 1 is 1.48 bits per heavy atom. The summed E-state index contributed by atoms with van der Waals surface area (Å²) in [5.74, 6) is -0.415. The molecule has 116 valence electrons. The Kier molecular flexibility index (Phi) is 6.45. The van der Waals surface area contributed by atoms with Gasteiger partial charge in [-0.05, 0) is 24.6 Å². The summed E-state index contributed by atoms with van der Waals surface area (Å²) in [5.41, 5.74) is 6.04. The minimum Gasteiger partial charge on any atom is -0.463 e. The summed E-state index contributed by atoms with van der Waals surface area (Å²) in [4.78, 5) is 17.6. The molecule has 1 aliphatic heterocycles. The first-order valence-corrected chi connectivity index (χ1v) is 6.83. The highest BCUT2D eigenvalue weighted by atomic mass is 35.5. The molecule has 1 unspecified atom stereocenters. The molecular weight excluding hydrogens is 315 g/mol. The predicted molar refractivity (Wildman–Crippen MR) is 84.0 cm³/mol. The lowest BCUT2D eigenvalue weighted by Gasteiger charge is -2.24. The van der Waals surface area contributed by atoms with Gasteiger partial charge in [0, 0.05) is 24.4 Å². The number of hydrogen-bond acceptors (Lipinski definition) is 5. The third-order valence-electron chi connectivity index (χ3n) is 3.13. The standard InChI is InChI=1S/C14H17ClN2O3.ClH/c1-2-19-13(18)14(8-12(9-16)17-20-14)7-10-3-5-11(15)6-4-10;/h3-6H,2,7-9,16H2,1H3;1H. The van der Waals surface area contributed by atoms with Crippen molar-refractivity contribution in [3.63, 3.8) is 0 Å². The molecule has 2 N–H and O–H groups in total. The van der Waals surface area contributed by atoms with Gasteiger partial charge in [0.15, 0.2) is 0 Å². The van der Waals surface area contributed by atoms with E-state index in [-0.39, 0.29) is 19.0 Å². The molecule has 1 aromatic rings. The van der Waals surface area contributed by atoms with Crippen molar-refractivity contribution < 1.29 is 14.4 Å². The van der Waals surface area contributed by atoms with Crippen LogP contribution in [-0.2, 0) is 20.8 Å². The van der Waals surface area contributed by atoms with Crippen LogP contribution in [0.4, 0.5) is 0 Å². The number of carbonyl (C=O) groups excluding carboxylic acids is 1. The Morgan fingerprint density at radius 2 is 2.14 bits per heavy atom. The van der Waals surface area contributed by atoms with Crippen LogP contribution in [0.3, 0.4) is 0 Å². The Morgan fingerprint density at radius 3 is 2.67 bits per heavy atom. The van der Waals surface area contributed by atoms with Gasteiger partial charge in [-0.1, -0.05) is 28.9 Å². The van der Waals surface area contributed by atoms with E-state index < -0.39 is 11.6 Å².